The number of rotatable bonds is 6. The van der Waals surface area contributed by atoms with Gasteiger partial charge in [0.15, 0.2) is 5.82 Å². The van der Waals surface area contributed by atoms with Crippen LogP contribution in [0, 0.1) is 12.8 Å². The van der Waals surface area contributed by atoms with Crippen LogP contribution >= 0.6 is 0 Å². The van der Waals surface area contributed by atoms with Crippen molar-refractivity contribution in [2.24, 2.45) is 5.92 Å². The first kappa shape index (κ1) is 19.9. The molecular weight excluding hydrogens is 392 g/mol. The molecule has 1 saturated carbocycles. The van der Waals surface area contributed by atoms with E-state index in [4.69, 9.17) is 4.52 Å². The molecule has 2 aromatic heterocycles. The van der Waals surface area contributed by atoms with Crippen LogP contribution in [0.2, 0.25) is 0 Å². The highest BCUT2D eigenvalue weighted by atomic mass is 16.5. The number of nitrogens with zero attached hydrogens (tertiary/aromatic N) is 5. The number of fused-ring (bicyclic) bond motifs is 1. The number of aromatic nitrogens is 4. The highest BCUT2D eigenvalue weighted by molar-refractivity contribution is 5.92. The maximum absolute atomic E-state index is 12.9. The lowest BCUT2D eigenvalue weighted by Crippen LogP contribution is -2.38. The predicted molar refractivity (Wildman–Crippen MR) is 114 cm³/mol. The van der Waals surface area contributed by atoms with Gasteiger partial charge in [-0.3, -0.25) is 14.4 Å². The van der Waals surface area contributed by atoms with E-state index in [9.17, 15) is 4.79 Å². The largest absolute Gasteiger partial charge is 0.348 e. The molecule has 3 unspecified atom stereocenters. The molecule has 1 N–H and O–H groups in total. The summed E-state index contributed by atoms with van der Waals surface area (Å²) in [4.78, 5) is 20.0. The Bertz CT molecular complexity index is 1060. The first-order valence-electron chi connectivity index (χ1n) is 11.0. The lowest BCUT2D eigenvalue weighted by atomic mass is 9.80. The minimum atomic E-state index is -0.223. The van der Waals surface area contributed by atoms with Gasteiger partial charge < -0.3 is 9.84 Å². The van der Waals surface area contributed by atoms with Gasteiger partial charge in [-0.25, -0.2) is 0 Å². The average Bonchev–Trinajstić information content (AvgIpc) is 3.51. The molecule has 3 atom stereocenters. The number of likely N-dealkylation sites (tertiary alicyclic amines) is 1. The van der Waals surface area contributed by atoms with Crippen molar-refractivity contribution in [2.45, 2.75) is 51.2 Å². The first-order valence-corrected chi connectivity index (χ1v) is 11.0. The van der Waals surface area contributed by atoms with Gasteiger partial charge in [0.1, 0.15) is 5.69 Å². The second kappa shape index (κ2) is 7.92. The van der Waals surface area contributed by atoms with Crippen LogP contribution in [0.1, 0.15) is 47.5 Å². The van der Waals surface area contributed by atoms with E-state index >= 15 is 0 Å². The van der Waals surface area contributed by atoms with Crippen LogP contribution in [0.15, 0.2) is 47.1 Å². The fraction of sp³-hybridized carbons (Fsp3) is 0.478. The number of aryl methyl sites for hydroxylation is 2. The summed E-state index contributed by atoms with van der Waals surface area (Å²) in [7, 11) is 0. The topological polar surface area (TPSA) is 89.1 Å². The minimum absolute atomic E-state index is 0.0673. The number of hydrogen-bond donors (Lipinski definition) is 1. The monoisotopic (exact) mass is 420 g/mol. The van der Waals surface area contributed by atoms with Crippen molar-refractivity contribution in [2.75, 3.05) is 13.1 Å². The molecule has 8 heteroatoms. The van der Waals surface area contributed by atoms with Gasteiger partial charge in [-0.05, 0) is 44.2 Å². The molecule has 2 aliphatic rings. The summed E-state index contributed by atoms with van der Waals surface area (Å²) in [6, 6.07) is 12.4. The summed E-state index contributed by atoms with van der Waals surface area (Å²) in [5, 5.41) is 11.5. The second-order valence-electron chi connectivity index (χ2n) is 8.80. The number of benzene rings is 1. The lowest BCUT2D eigenvalue weighted by molar-refractivity contribution is 0.0923. The highest BCUT2D eigenvalue weighted by Crippen LogP contribution is 2.50. The average molecular weight is 421 g/mol. The smallest absolute Gasteiger partial charge is 0.269 e. The molecule has 1 aromatic carbocycles. The van der Waals surface area contributed by atoms with Crippen LogP contribution < -0.4 is 5.32 Å². The Hall–Kier alpha value is -3.00. The lowest BCUT2D eigenvalue weighted by Gasteiger charge is -2.25. The van der Waals surface area contributed by atoms with Crippen molar-refractivity contribution in [3.63, 3.8) is 0 Å². The van der Waals surface area contributed by atoms with Crippen molar-refractivity contribution in [1.82, 2.24) is 30.1 Å². The maximum Gasteiger partial charge on any atom is 0.269 e. The van der Waals surface area contributed by atoms with E-state index in [1.165, 1.54) is 5.56 Å². The van der Waals surface area contributed by atoms with Crippen LogP contribution in [0.5, 0.6) is 0 Å². The third-order valence-electron chi connectivity index (χ3n) is 6.73. The van der Waals surface area contributed by atoms with Gasteiger partial charge in [-0.2, -0.15) is 10.1 Å². The van der Waals surface area contributed by atoms with Gasteiger partial charge in [-0.15, -0.1) is 0 Å². The number of hydrogen-bond acceptors (Lipinski definition) is 6. The van der Waals surface area contributed by atoms with Crippen LogP contribution in [-0.2, 0) is 18.5 Å². The van der Waals surface area contributed by atoms with E-state index in [0.717, 1.165) is 32.5 Å². The van der Waals surface area contributed by atoms with E-state index in [1.54, 1.807) is 16.9 Å². The highest BCUT2D eigenvalue weighted by Gasteiger charge is 2.57. The summed E-state index contributed by atoms with van der Waals surface area (Å²) in [5.74, 6) is 1.66. The minimum Gasteiger partial charge on any atom is -0.348 e. The van der Waals surface area contributed by atoms with Gasteiger partial charge in [0.2, 0.25) is 5.89 Å². The van der Waals surface area contributed by atoms with Crippen molar-refractivity contribution in [1.29, 1.82) is 0 Å². The molecule has 0 bridgehead atoms. The zero-order chi connectivity index (χ0) is 21.4. The summed E-state index contributed by atoms with van der Waals surface area (Å²) in [6.07, 6.45) is 3.38. The van der Waals surface area contributed by atoms with Crippen LogP contribution in [0.3, 0.4) is 0 Å². The van der Waals surface area contributed by atoms with Gasteiger partial charge in [0.05, 0.1) is 5.41 Å². The quantitative estimate of drug-likeness (QED) is 0.659. The van der Waals surface area contributed by atoms with Crippen LogP contribution in [0.25, 0.3) is 0 Å². The third kappa shape index (κ3) is 3.65. The van der Waals surface area contributed by atoms with Crippen molar-refractivity contribution in [3.05, 3.63) is 65.6 Å². The standard InChI is InChI=1S/C23H28N6O2/c1-3-29-20(9-10-24-29)21(30)26-19-11-18-14-28(13-17-7-5-4-6-8-17)15-23(18,12-19)22-25-16(2)27-31-22/h4-10,18-19H,3,11-15H2,1-2H3,(H,26,30). The maximum atomic E-state index is 12.9. The van der Waals surface area contributed by atoms with Crippen LogP contribution in [-0.4, -0.2) is 49.9 Å². The Morgan fingerprint density at radius 2 is 2.13 bits per heavy atom. The number of amides is 1. The third-order valence-corrected chi connectivity index (χ3v) is 6.73. The van der Waals surface area contributed by atoms with E-state index in [1.807, 2.05) is 19.9 Å². The number of carbonyl (C=O) groups excluding carboxylic acids is 1. The Kier molecular flexibility index (Phi) is 5.09. The van der Waals surface area contributed by atoms with Gasteiger partial charge in [-0.1, -0.05) is 35.5 Å². The second-order valence-corrected chi connectivity index (χ2v) is 8.80. The fourth-order valence-electron chi connectivity index (χ4n) is 5.41. The molecule has 31 heavy (non-hydrogen) atoms. The molecule has 1 saturated heterocycles. The zero-order valence-corrected chi connectivity index (χ0v) is 18.0. The molecule has 0 spiro atoms. The van der Waals surface area contributed by atoms with E-state index in [2.05, 4.69) is 49.7 Å². The Balaban J connectivity index is 1.35. The van der Waals surface area contributed by atoms with E-state index < -0.39 is 0 Å². The molecule has 0 radical (unpaired) electrons. The molecule has 5 rings (SSSR count). The van der Waals surface area contributed by atoms with Gasteiger partial charge >= 0.3 is 0 Å². The molecular formula is C23H28N6O2. The summed E-state index contributed by atoms with van der Waals surface area (Å²) in [6.45, 7) is 7.22. The summed E-state index contributed by atoms with van der Waals surface area (Å²) < 4.78 is 7.42. The Labute approximate surface area is 181 Å². The summed E-state index contributed by atoms with van der Waals surface area (Å²) >= 11 is 0. The van der Waals surface area contributed by atoms with E-state index in [0.29, 0.717) is 29.9 Å². The molecule has 1 aliphatic heterocycles. The molecule has 2 fully saturated rings. The summed E-state index contributed by atoms with van der Waals surface area (Å²) in [5.41, 5.74) is 1.68. The van der Waals surface area contributed by atoms with Gasteiger partial charge in [0, 0.05) is 38.4 Å². The van der Waals surface area contributed by atoms with Crippen LogP contribution in [0.4, 0.5) is 0 Å². The molecule has 162 valence electrons. The first-order chi connectivity index (χ1) is 15.1. The fourth-order valence-corrected chi connectivity index (χ4v) is 5.41. The predicted octanol–water partition coefficient (Wildman–Crippen LogP) is 2.56. The van der Waals surface area contributed by atoms with E-state index in [-0.39, 0.29) is 17.4 Å². The zero-order valence-electron chi connectivity index (χ0n) is 18.0. The van der Waals surface area contributed by atoms with Crippen molar-refractivity contribution >= 4 is 5.91 Å². The normalized spacial score (nSPS) is 25.6. The molecule has 3 aromatic rings. The Morgan fingerprint density at radius 1 is 1.29 bits per heavy atom. The number of nitrogens with one attached hydrogen (secondary N) is 1. The molecule has 1 aliphatic carbocycles. The van der Waals surface area contributed by atoms with Crippen molar-refractivity contribution < 1.29 is 9.32 Å². The number of carbonyl (C=O) groups is 1. The molecule has 1 amide bonds. The Morgan fingerprint density at radius 3 is 2.87 bits per heavy atom. The SMILES string of the molecule is CCn1nccc1C(=O)NC1CC2CN(Cc3ccccc3)CC2(c2nc(C)no2)C1. The van der Waals surface area contributed by atoms with Crippen molar-refractivity contribution in [3.8, 4) is 0 Å². The molecule has 3 heterocycles. The van der Waals surface area contributed by atoms with Gasteiger partial charge in [0.25, 0.3) is 5.91 Å². The molecule has 8 nitrogen and oxygen atoms in total.